The number of hydrogen-bond donors (Lipinski definition) is 1. The summed E-state index contributed by atoms with van der Waals surface area (Å²) < 4.78 is 72.3. The maximum Gasteiger partial charge on any atom is 0.416 e. The van der Waals surface area contributed by atoms with E-state index < -0.39 is 29.3 Å². The summed E-state index contributed by atoms with van der Waals surface area (Å²) in [6.45, 7) is 2.08. The number of aromatic carboxylic acids is 1. The van der Waals surface area contributed by atoms with Gasteiger partial charge >= 0.3 is 12.1 Å². The highest BCUT2D eigenvalue weighted by Crippen LogP contribution is 2.34. The zero-order chi connectivity index (χ0) is 29.3. The fourth-order valence-corrected chi connectivity index (χ4v) is 4.69. The number of benzene rings is 3. The van der Waals surface area contributed by atoms with E-state index in [1.165, 1.54) is 36.4 Å². The highest BCUT2D eigenvalue weighted by molar-refractivity contribution is 6.17. The molecular formula is C30H23F5N2O4. The summed E-state index contributed by atoms with van der Waals surface area (Å²) in [5.74, 6) is -2.34. The number of halogens is 5. The summed E-state index contributed by atoms with van der Waals surface area (Å²) in [5, 5.41) is 9.69. The van der Waals surface area contributed by atoms with E-state index in [-0.39, 0.29) is 51.4 Å². The van der Waals surface area contributed by atoms with E-state index in [4.69, 9.17) is 4.74 Å². The van der Waals surface area contributed by atoms with Crippen molar-refractivity contribution in [3.05, 3.63) is 94.8 Å². The van der Waals surface area contributed by atoms with E-state index in [1.807, 2.05) is 0 Å². The van der Waals surface area contributed by atoms with Crippen molar-refractivity contribution in [2.24, 2.45) is 5.92 Å². The van der Waals surface area contributed by atoms with Gasteiger partial charge in [-0.2, -0.15) is 13.2 Å². The Kier molecular flexibility index (Phi) is 7.72. The smallest absolute Gasteiger partial charge is 0.416 e. The molecule has 0 spiro atoms. The van der Waals surface area contributed by atoms with E-state index >= 15 is 0 Å². The van der Waals surface area contributed by atoms with Gasteiger partial charge in [-0.05, 0) is 60.7 Å². The second-order valence-electron chi connectivity index (χ2n) is 9.77. The molecule has 6 nitrogen and oxygen atoms in total. The molecule has 212 valence electrons. The first-order chi connectivity index (χ1) is 19.5. The van der Waals surface area contributed by atoms with Gasteiger partial charge in [-0.3, -0.25) is 14.1 Å². The van der Waals surface area contributed by atoms with Gasteiger partial charge in [-0.15, -0.1) is 0 Å². The topological polar surface area (TPSA) is 79.7 Å². The van der Waals surface area contributed by atoms with Crippen LogP contribution in [0.15, 0.2) is 66.7 Å². The average Bonchev–Trinajstić information content (AvgIpc) is 2.92. The first-order valence-electron chi connectivity index (χ1n) is 12.6. The molecule has 1 saturated heterocycles. The number of pyridine rings is 1. The first-order valence-corrected chi connectivity index (χ1v) is 12.6. The zero-order valence-electron chi connectivity index (χ0n) is 21.4. The molecule has 0 amide bonds. The van der Waals surface area contributed by atoms with E-state index in [0.29, 0.717) is 44.1 Å². The van der Waals surface area contributed by atoms with Crippen molar-refractivity contribution in [1.82, 2.24) is 9.88 Å². The van der Waals surface area contributed by atoms with Crippen molar-refractivity contribution in [2.75, 3.05) is 32.9 Å². The third-order valence-corrected chi connectivity index (χ3v) is 6.92. The fraction of sp³-hybridized carbons (Fsp3) is 0.233. The summed E-state index contributed by atoms with van der Waals surface area (Å²) in [6.07, 6.45) is -4.75. The van der Waals surface area contributed by atoms with E-state index in [2.05, 4.69) is 9.88 Å². The van der Waals surface area contributed by atoms with Crippen LogP contribution >= 0.6 is 0 Å². The van der Waals surface area contributed by atoms with Crippen molar-refractivity contribution in [1.29, 1.82) is 0 Å². The average molecular weight is 571 g/mol. The molecule has 0 radical (unpaired) electrons. The second kappa shape index (κ2) is 11.2. The molecule has 3 aromatic carbocycles. The molecule has 1 aromatic heterocycles. The molecule has 5 rings (SSSR count). The molecular weight excluding hydrogens is 547 g/mol. The van der Waals surface area contributed by atoms with Crippen molar-refractivity contribution in [2.45, 2.75) is 6.18 Å². The number of ketones is 1. The lowest BCUT2D eigenvalue weighted by atomic mass is 9.96. The standard InChI is InChI=1S/C30H23F5N2O4/c31-14-17-15-37(16-17)9-10-41-21-5-1-18(2-6-21)28(38)24-13-27(23-8-4-20(12-25(23)32)30(33,34)35)36-26-11-19(29(39)40)3-7-22(24)26/h1-8,11-13,17H,9-10,14-16H2,(H,39,40). The molecule has 11 heteroatoms. The van der Waals surface area contributed by atoms with Crippen molar-refractivity contribution >= 4 is 22.7 Å². The summed E-state index contributed by atoms with van der Waals surface area (Å²) in [7, 11) is 0. The van der Waals surface area contributed by atoms with Crippen LogP contribution in [0.2, 0.25) is 0 Å². The van der Waals surface area contributed by atoms with E-state index in [1.54, 1.807) is 12.1 Å². The first kappa shape index (κ1) is 28.2. The Hall–Kier alpha value is -4.38. The summed E-state index contributed by atoms with van der Waals surface area (Å²) >= 11 is 0. The summed E-state index contributed by atoms with van der Waals surface area (Å²) in [4.78, 5) is 31.5. The number of carbonyl (C=O) groups excluding carboxylic acids is 1. The van der Waals surface area contributed by atoms with Crippen LogP contribution in [0, 0.1) is 11.7 Å². The molecule has 1 fully saturated rings. The van der Waals surface area contributed by atoms with Gasteiger partial charge in [0, 0.05) is 47.6 Å². The third kappa shape index (κ3) is 6.04. The van der Waals surface area contributed by atoms with Gasteiger partial charge in [0.15, 0.2) is 5.78 Å². The number of nitrogens with zero attached hydrogens (tertiary/aromatic N) is 2. The molecule has 0 saturated carbocycles. The molecule has 41 heavy (non-hydrogen) atoms. The highest BCUT2D eigenvalue weighted by Gasteiger charge is 2.31. The monoisotopic (exact) mass is 570 g/mol. The van der Waals surface area contributed by atoms with Gasteiger partial charge in [-0.1, -0.05) is 6.07 Å². The fourth-order valence-electron chi connectivity index (χ4n) is 4.69. The Morgan fingerprint density at radius 3 is 2.32 bits per heavy atom. The van der Waals surface area contributed by atoms with Gasteiger partial charge in [0.25, 0.3) is 0 Å². The van der Waals surface area contributed by atoms with Crippen LogP contribution in [0.25, 0.3) is 22.2 Å². The molecule has 0 aliphatic carbocycles. The molecule has 0 atom stereocenters. The maximum atomic E-state index is 14.8. The predicted octanol–water partition coefficient (Wildman–Crippen LogP) is 6.27. The van der Waals surface area contributed by atoms with Gasteiger partial charge in [0.05, 0.1) is 29.0 Å². The lowest BCUT2D eigenvalue weighted by Gasteiger charge is -2.37. The Bertz CT molecular complexity index is 1620. The Morgan fingerprint density at radius 2 is 1.68 bits per heavy atom. The molecule has 1 N–H and O–H groups in total. The van der Waals surface area contributed by atoms with Crippen LogP contribution in [-0.2, 0) is 6.18 Å². The normalized spacial score (nSPS) is 14.2. The molecule has 2 heterocycles. The zero-order valence-corrected chi connectivity index (χ0v) is 21.4. The van der Waals surface area contributed by atoms with Gasteiger partial charge in [0.1, 0.15) is 18.2 Å². The van der Waals surface area contributed by atoms with Crippen molar-refractivity contribution < 1.29 is 41.4 Å². The number of rotatable bonds is 9. The summed E-state index contributed by atoms with van der Waals surface area (Å²) in [6, 6.07) is 13.5. The molecule has 4 aromatic rings. The lowest BCUT2D eigenvalue weighted by molar-refractivity contribution is -0.137. The Morgan fingerprint density at radius 1 is 0.976 bits per heavy atom. The van der Waals surface area contributed by atoms with Crippen LogP contribution in [0.3, 0.4) is 0 Å². The number of alkyl halides is 4. The van der Waals surface area contributed by atoms with Gasteiger partial charge in [0.2, 0.25) is 0 Å². The largest absolute Gasteiger partial charge is 0.492 e. The van der Waals surface area contributed by atoms with E-state index in [9.17, 15) is 36.6 Å². The van der Waals surface area contributed by atoms with Crippen LogP contribution in [0.1, 0.15) is 31.8 Å². The number of ether oxygens (including phenoxy) is 1. The van der Waals surface area contributed by atoms with Crippen LogP contribution < -0.4 is 4.74 Å². The maximum absolute atomic E-state index is 14.8. The molecule has 1 aliphatic heterocycles. The number of carbonyl (C=O) groups is 2. The minimum absolute atomic E-state index is 0.0611. The SMILES string of the molecule is O=C(O)c1ccc2c(C(=O)c3ccc(OCCN4CC(CF)C4)cc3)cc(-c3ccc(C(F)(F)F)cc3F)nc2c1. The van der Waals surface area contributed by atoms with Crippen LogP contribution in [0.4, 0.5) is 22.0 Å². The van der Waals surface area contributed by atoms with E-state index in [0.717, 1.165) is 6.07 Å². The summed E-state index contributed by atoms with van der Waals surface area (Å²) in [5.41, 5.74) is -1.34. The number of likely N-dealkylation sites (tertiary alicyclic amines) is 1. The second-order valence-corrected chi connectivity index (χ2v) is 9.77. The third-order valence-electron chi connectivity index (χ3n) is 6.92. The predicted molar refractivity (Wildman–Crippen MR) is 140 cm³/mol. The van der Waals surface area contributed by atoms with Gasteiger partial charge in [-0.25, -0.2) is 14.2 Å². The highest BCUT2D eigenvalue weighted by atomic mass is 19.4. The van der Waals surface area contributed by atoms with Crippen LogP contribution in [-0.4, -0.2) is 59.7 Å². The minimum Gasteiger partial charge on any atom is -0.492 e. The Balaban J connectivity index is 1.45. The quantitative estimate of drug-likeness (QED) is 0.189. The number of fused-ring (bicyclic) bond motifs is 1. The number of carboxylic acids is 1. The lowest BCUT2D eigenvalue weighted by Crippen LogP contribution is -2.49. The van der Waals surface area contributed by atoms with Crippen LogP contribution in [0.5, 0.6) is 5.75 Å². The Labute approximate surface area is 231 Å². The molecule has 0 bridgehead atoms. The van der Waals surface area contributed by atoms with Crippen molar-refractivity contribution in [3.8, 4) is 17.0 Å². The van der Waals surface area contributed by atoms with Crippen molar-refractivity contribution in [3.63, 3.8) is 0 Å². The van der Waals surface area contributed by atoms with Gasteiger partial charge < -0.3 is 9.84 Å². The minimum atomic E-state index is -4.75. The number of hydrogen-bond acceptors (Lipinski definition) is 5. The molecule has 0 unspecified atom stereocenters. The number of aromatic nitrogens is 1. The number of carboxylic acid groups (broad SMARTS) is 1. The molecule has 1 aliphatic rings.